The maximum atomic E-state index is 12.8. The molecule has 0 bridgehead atoms. The van der Waals surface area contributed by atoms with Crippen molar-refractivity contribution in [2.24, 2.45) is 5.92 Å². The van der Waals surface area contributed by atoms with E-state index in [0.717, 1.165) is 13.0 Å². The Kier molecular flexibility index (Phi) is 5.54. The Morgan fingerprint density at radius 2 is 2.24 bits per heavy atom. The number of hydrogen-bond acceptors (Lipinski definition) is 4. The maximum absolute atomic E-state index is 12.8. The van der Waals surface area contributed by atoms with Gasteiger partial charge in [0.05, 0.1) is 11.6 Å². The Bertz CT molecular complexity index is 624. The zero-order chi connectivity index (χ0) is 15.6. The van der Waals surface area contributed by atoms with E-state index >= 15 is 0 Å². The molecular formula is C13H18BrClN2O3S. The van der Waals surface area contributed by atoms with Crippen LogP contribution in [0.15, 0.2) is 21.5 Å². The second-order valence-electron chi connectivity index (χ2n) is 4.99. The minimum absolute atomic E-state index is 0.106. The highest BCUT2D eigenvalue weighted by Crippen LogP contribution is 2.37. The van der Waals surface area contributed by atoms with E-state index < -0.39 is 10.0 Å². The first-order chi connectivity index (χ1) is 9.90. The number of sulfonamides is 1. The highest BCUT2D eigenvalue weighted by atomic mass is 79.9. The van der Waals surface area contributed by atoms with Gasteiger partial charge in [0.25, 0.3) is 0 Å². The van der Waals surface area contributed by atoms with Crippen LogP contribution in [0.5, 0.6) is 5.75 Å². The van der Waals surface area contributed by atoms with E-state index in [1.54, 1.807) is 6.07 Å². The van der Waals surface area contributed by atoms with Crippen LogP contribution < -0.4 is 10.1 Å². The number of ether oxygens (including phenoxy) is 1. The fraction of sp³-hybridized carbons (Fsp3) is 0.538. The highest BCUT2D eigenvalue weighted by Gasteiger charge is 2.34. The second kappa shape index (κ2) is 6.83. The Morgan fingerprint density at radius 3 is 2.86 bits per heavy atom. The van der Waals surface area contributed by atoms with Crippen molar-refractivity contribution in [2.45, 2.75) is 11.3 Å². The van der Waals surface area contributed by atoms with Crippen molar-refractivity contribution in [3.05, 3.63) is 21.6 Å². The van der Waals surface area contributed by atoms with Crippen molar-refractivity contribution < 1.29 is 13.2 Å². The summed E-state index contributed by atoms with van der Waals surface area (Å²) in [6.45, 7) is 1.83. The third-order valence-corrected chi connectivity index (χ3v) is 6.22. The van der Waals surface area contributed by atoms with Crippen molar-refractivity contribution in [3.8, 4) is 5.75 Å². The minimum Gasteiger partial charge on any atom is -0.494 e. The van der Waals surface area contributed by atoms with Gasteiger partial charge in [-0.25, -0.2) is 8.42 Å². The lowest BCUT2D eigenvalue weighted by molar-refractivity contribution is 0.394. The Labute approximate surface area is 138 Å². The minimum atomic E-state index is -3.61. The van der Waals surface area contributed by atoms with E-state index in [2.05, 4.69) is 21.2 Å². The predicted molar refractivity (Wildman–Crippen MR) is 86.5 cm³/mol. The molecular weight excluding hydrogens is 380 g/mol. The summed E-state index contributed by atoms with van der Waals surface area (Å²) in [5.74, 6) is 0.620. The zero-order valence-corrected chi connectivity index (χ0v) is 15.1. The summed E-state index contributed by atoms with van der Waals surface area (Å²) in [4.78, 5) is 0.106. The molecule has 1 unspecified atom stereocenters. The van der Waals surface area contributed by atoms with Gasteiger partial charge in [-0.15, -0.1) is 0 Å². The molecule has 2 rings (SSSR count). The van der Waals surface area contributed by atoms with Gasteiger partial charge in [-0.1, -0.05) is 11.6 Å². The first-order valence-electron chi connectivity index (χ1n) is 6.58. The first-order valence-corrected chi connectivity index (χ1v) is 9.19. The molecule has 0 amide bonds. The molecule has 118 valence electrons. The SMILES string of the molecule is CNCC1CCN(S(=O)(=O)c2cc(Cl)cc(Br)c2OC)C1. The summed E-state index contributed by atoms with van der Waals surface area (Å²) in [5, 5.41) is 3.44. The number of nitrogens with one attached hydrogen (secondary N) is 1. The van der Waals surface area contributed by atoms with Crippen molar-refractivity contribution in [3.63, 3.8) is 0 Å². The number of methoxy groups -OCH3 is 1. The van der Waals surface area contributed by atoms with Crippen LogP contribution in [-0.2, 0) is 10.0 Å². The van der Waals surface area contributed by atoms with Gasteiger partial charge in [-0.3, -0.25) is 0 Å². The van der Waals surface area contributed by atoms with Gasteiger partial charge in [0.2, 0.25) is 10.0 Å². The topological polar surface area (TPSA) is 58.6 Å². The molecule has 5 nitrogen and oxygen atoms in total. The Morgan fingerprint density at radius 1 is 1.52 bits per heavy atom. The summed E-state index contributed by atoms with van der Waals surface area (Å²) in [7, 11) is -0.297. The molecule has 1 heterocycles. The van der Waals surface area contributed by atoms with Crippen LogP contribution in [-0.4, -0.2) is 46.5 Å². The van der Waals surface area contributed by atoms with Gasteiger partial charge in [0.15, 0.2) is 5.75 Å². The highest BCUT2D eigenvalue weighted by molar-refractivity contribution is 9.10. The van der Waals surface area contributed by atoms with E-state index in [-0.39, 0.29) is 10.6 Å². The van der Waals surface area contributed by atoms with Crippen molar-refractivity contribution in [1.29, 1.82) is 0 Å². The molecule has 21 heavy (non-hydrogen) atoms. The molecule has 1 aromatic carbocycles. The molecule has 1 aromatic rings. The van der Waals surface area contributed by atoms with Gasteiger partial charge < -0.3 is 10.1 Å². The Balaban J connectivity index is 2.37. The fourth-order valence-electron chi connectivity index (χ4n) is 2.54. The van der Waals surface area contributed by atoms with Gasteiger partial charge in [-0.05, 0) is 54.0 Å². The molecule has 1 N–H and O–H groups in total. The number of rotatable bonds is 5. The molecule has 0 aromatic heterocycles. The Hall–Kier alpha value is -0.340. The summed E-state index contributed by atoms with van der Waals surface area (Å²) < 4.78 is 32.9. The third-order valence-electron chi connectivity index (χ3n) is 3.54. The molecule has 0 spiro atoms. The molecule has 1 saturated heterocycles. The van der Waals surface area contributed by atoms with Gasteiger partial charge in [-0.2, -0.15) is 4.31 Å². The van der Waals surface area contributed by atoms with Crippen LogP contribution in [0.2, 0.25) is 5.02 Å². The first kappa shape index (κ1) is 17.0. The van der Waals surface area contributed by atoms with Crippen LogP contribution in [0.25, 0.3) is 0 Å². The van der Waals surface area contributed by atoms with Gasteiger partial charge in [0.1, 0.15) is 4.90 Å². The summed E-state index contributed by atoms with van der Waals surface area (Å²) in [6, 6.07) is 3.05. The van der Waals surface area contributed by atoms with E-state index in [9.17, 15) is 8.42 Å². The second-order valence-corrected chi connectivity index (χ2v) is 8.19. The van der Waals surface area contributed by atoms with Gasteiger partial charge in [0, 0.05) is 18.1 Å². The molecule has 0 aliphatic carbocycles. The van der Waals surface area contributed by atoms with Crippen LogP contribution in [0.1, 0.15) is 6.42 Å². The molecule has 1 atom stereocenters. The summed E-state index contributed by atoms with van der Waals surface area (Å²) >= 11 is 9.29. The lowest BCUT2D eigenvalue weighted by Gasteiger charge is -2.19. The number of halogens is 2. The van der Waals surface area contributed by atoms with Crippen LogP contribution in [0.4, 0.5) is 0 Å². The zero-order valence-electron chi connectivity index (χ0n) is 11.9. The average Bonchev–Trinajstić information content (AvgIpc) is 2.87. The molecule has 0 saturated carbocycles. The summed E-state index contributed by atoms with van der Waals surface area (Å²) in [5.41, 5.74) is 0. The molecule has 0 radical (unpaired) electrons. The smallest absolute Gasteiger partial charge is 0.246 e. The average molecular weight is 398 g/mol. The molecule has 1 aliphatic heterocycles. The van der Waals surface area contributed by atoms with Gasteiger partial charge >= 0.3 is 0 Å². The predicted octanol–water partition coefficient (Wildman–Crippen LogP) is 2.34. The van der Waals surface area contributed by atoms with Crippen LogP contribution >= 0.6 is 27.5 Å². The molecule has 8 heteroatoms. The number of hydrogen-bond donors (Lipinski definition) is 1. The van der Waals surface area contributed by atoms with E-state index in [1.165, 1.54) is 17.5 Å². The largest absolute Gasteiger partial charge is 0.494 e. The van der Waals surface area contributed by atoms with E-state index in [4.69, 9.17) is 16.3 Å². The normalized spacial score (nSPS) is 19.9. The molecule has 1 aliphatic rings. The van der Waals surface area contributed by atoms with Crippen molar-refractivity contribution in [1.82, 2.24) is 9.62 Å². The number of nitrogens with zero attached hydrogens (tertiary/aromatic N) is 1. The lowest BCUT2D eigenvalue weighted by Crippen LogP contribution is -2.30. The van der Waals surface area contributed by atoms with E-state index in [1.807, 2.05) is 7.05 Å². The van der Waals surface area contributed by atoms with Crippen LogP contribution in [0, 0.1) is 5.92 Å². The monoisotopic (exact) mass is 396 g/mol. The fourth-order valence-corrected chi connectivity index (χ4v) is 5.44. The quantitative estimate of drug-likeness (QED) is 0.828. The van der Waals surface area contributed by atoms with Crippen molar-refractivity contribution >= 4 is 37.6 Å². The molecule has 1 fully saturated rings. The maximum Gasteiger partial charge on any atom is 0.246 e. The van der Waals surface area contributed by atoms with E-state index in [0.29, 0.717) is 28.5 Å². The standard InChI is InChI=1S/C13H18BrClN2O3S/c1-16-7-9-3-4-17(8-9)21(18,19)12-6-10(15)5-11(14)13(12)20-2/h5-6,9,16H,3-4,7-8H2,1-2H3. The van der Waals surface area contributed by atoms with Crippen molar-refractivity contribution in [2.75, 3.05) is 33.8 Å². The van der Waals surface area contributed by atoms with Crippen LogP contribution in [0.3, 0.4) is 0 Å². The third kappa shape index (κ3) is 3.53. The lowest BCUT2D eigenvalue weighted by atomic mass is 10.1. The summed E-state index contributed by atoms with van der Waals surface area (Å²) in [6.07, 6.45) is 0.851. The number of benzene rings is 1.